The molecule has 1 aromatic carbocycles. The van der Waals surface area contributed by atoms with Crippen LogP contribution >= 0.6 is 12.2 Å². The fourth-order valence-corrected chi connectivity index (χ4v) is 5.54. The van der Waals surface area contributed by atoms with Crippen molar-refractivity contribution in [3.63, 3.8) is 0 Å². The average molecular weight is 451 g/mol. The van der Waals surface area contributed by atoms with Gasteiger partial charge in [0.05, 0.1) is 0 Å². The van der Waals surface area contributed by atoms with Gasteiger partial charge < -0.3 is 20.4 Å². The van der Waals surface area contributed by atoms with Gasteiger partial charge in [0, 0.05) is 38.3 Å². The Morgan fingerprint density at radius 1 is 0.969 bits per heavy atom. The maximum Gasteiger partial charge on any atom is 0.232 e. The number of anilines is 3. The number of hydrogen-bond acceptors (Lipinski definition) is 5. The van der Waals surface area contributed by atoms with Crippen molar-refractivity contribution in [1.29, 1.82) is 0 Å². The molecule has 2 fully saturated rings. The molecular weight excluding hydrogens is 416 g/mol. The molecule has 1 unspecified atom stereocenters. The van der Waals surface area contributed by atoms with Gasteiger partial charge in [0.2, 0.25) is 5.95 Å². The number of fused-ring (bicyclic) bond motifs is 1. The van der Waals surface area contributed by atoms with E-state index in [0.717, 1.165) is 44.2 Å². The molecule has 1 saturated heterocycles. The number of benzene rings is 1. The third-order valence-corrected chi connectivity index (χ3v) is 7.27. The molecule has 5 rings (SSSR count). The van der Waals surface area contributed by atoms with Crippen LogP contribution in [-0.4, -0.2) is 40.8 Å². The Hall–Kier alpha value is -2.41. The highest BCUT2D eigenvalue weighted by Crippen LogP contribution is 2.29. The lowest BCUT2D eigenvalue weighted by Gasteiger charge is -2.34. The van der Waals surface area contributed by atoms with Crippen LogP contribution < -0.4 is 20.4 Å². The summed E-state index contributed by atoms with van der Waals surface area (Å²) < 4.78 is 0. The Morgan fingerprint density at radius 2 is 1.72 bits per heavy atom. The Labute approximate surface area is 196 Å². The van der Waals surface area contributed by atoms with Crippen molar-refractivity contribution in [2.75, 3.05) is 34.8 Å². The van der Waals surface area contributed by atoms with Crippen molar-refractivity contribution in [2.24, 2.45) is 5.92 Å². The molecule has 6 nitrogen and oxygen atoms in total. The van der Waals surface area contributed by atoms with Crippen molar-refractivity contribution in [1.82, 2.24) is 15.3 Å². The Balaban J connectivity index is 1.39. The van der Waals surface area contributed by atoms with Gasteiger partial charge in [-0.05, 0) is 61.4 Å². The van der Waals surface area contributed by atoms with E-state index < -0.39 is 0 Å². The number of nitrogens with one attached hydrogen (secondary N) is 2. The van der Waals surface area contributed by atoms with Crippen molar-refractivity contribution in [3.05, 3.63) is 41.5 Å². The third kappa shape index (κ3) is 4.98. The summed E-state index contributed by atoms with van der Waals surface area (Å²) in [6.07, 6.45) is 8.47. The number of thiocarbonyl (C=S) groups is 1. The molecule has 7 heteroatoms. The van der Waals surface area contributed by atoms with E-state index in [9.17, 15) is 0 Å². The maximum absolute atomic E-state index is 5.61. The monoisotopic (exact) mass is 450 g/mol. The van der Waals surface area contributed by atoms with E-state index in [0.29, 0.717) is 23.0 Å². The first-order chi connectivity index (χ1) is 15.6. The molecule has 1 aliphatic carbocycles. The highest BCUT2D eigenvalue weighted by atomic mass is 32.1. The summed E-state index contributed by atoms with van der Waals surface area (Å²) in [6, 6.07) is 11.4. The largest absolute Gasteiger partial charge is 0.360 e. The highest BCUT2D eigenvalue weighted by molar-refractivity contribution is 7.80. The lowest BCUT2D eigenvalue weighted by Crippen LogP contribution is -2.38. The summed E-state index contributed by atoms with van der Waals surface area (Å²) in [4.78, 5) is 14.6. The first-order valence-electron chi connectivity index (χ1n) is 12.2. The van der Waals surface area contributed by atoms with Crippen LogP contribution in [0.3, 0.4) is 0 Å². The van der Waals surface area contributed by atoms with Crippen molar-refractivity contribution < 1.29 is 0 Å². The molecule has 0 amide bonds. The summed E-state index contributed by atoms with van der Waals surface area (Å²) in [7, 11) is 0. The van der Waals surface area contributed by atoms with Gasteiger partial charge in [0.25, 0.3) is 0 Å². The number of piperidine rings is 1. The molecular formula is C25H34N6S. The van der Waals surface area contributed by atoms with Crippen LogP contribution in [0.5, 0.6) is 0 Å². The average Bonchev–Trinajstić information content (AvgIpc) is 3.31. The van der Waals surface area contributed by atoms with Gasteiger partial charge in [-0.25, -0.2) is 0 Å². The Kier molecular flexibility index (Phi) is 6.44. The predicted octanol–water partition coefficient (Wildman–Crippen LogP) is 4.50. The number of aromatic nitrogens is 2. The zero-order valence-corrected chi connectivity index (χ0v) is 19.8. The van der Waals surface area contributed by atoms with Gasteiger partial charge in [0.15, 0.2) is 5.11 Å². The van der Waals surface area contributed by atoms with Gasteiger partial charge in [0.1, 0.15) is 11.6 Å². The Morgan fingerprint density at radius 3 is 2.50 bits per heavy atom. The lowest BCUT2D eigenvalue weighted by atomic mass is 10.00. The third-order valence-electron chi connectivity index (χ3n) is 7.05. The number of nitrogens with zero attached hydrogens (tertiary/aromatic N) is 4. The van der Waals surface area contributed by atoms with Gasteiger partial charge >= 0.3 is 0 Å². The first kappa shape index (κ1) is 21.4. The van der Waals surface area contributed by atoms with E-state index in [2.05, 4.69) is 57.7 Å². The van der Waals surface area contributed by atoms with Crippen LogP contribution in [0.1, 0.15) is 56.6 Å². The second-order valence-electron chi connectivity index (χ2n) is 9.62. The Bertz CT molecular complexity index is 957. The molecule has 2 N–H and O–H groups in total. The van der Waals surface area contributed by atoms with E-state index >= 15 is 0 Å². The standard InChI is InChI=1S/C25H34N6S/c1-18-7-6-13-30(16-18)22-15-23(31-14-12-19-8-2-3-9-20(19)17-31)28-24(27-22)29-25(32)26-21-10-4-5-11-21/h2-3,8-9,15,18,21H,4-7,10-14,16-17H2,1H3,(H2,26,27,28,29,32). The van der Waals surface area contributed by atoms with E-state index in [1.807, 2.05) is 0 Å². The number of rotatable bonds is 4. The zero-order chi connectivity index (χ0) is 21.9. The first-order valence-corrected chi connectivity index (χ1v) is 12.6. The number of hydrogen-bond donors (Lipinski definition) is 2. The molecule has 0 radical (unpaired) electrons. The zero-order valence-electron chi connectivity index (χ0n) is 19.0. The normalized spacial score (nSPS) is 21.3. The summed E-state index contributed by atoms with van der Waals surface area (Å²) in [5, 5.41) is 7.40. The smallest absolute Gasteiger partial charge is 0.232 e. The van der Waals surface area contributed by atoms with Crippen molar-refractivity contribution in [3.8, 4) is 0 Å². The minimum atomic E-state index is 0.471. The maximum atomic E-state index is 5.61. The van der Waals surface area contributed by atoms with Crippen LogP contribution in [0.15, 0.2) is 30.3 Å². The summed E-state index contributed by atoms with van der Waals surface area (Å²) >= 11 is 5.61. The molecule has 170 valence electrons. The predicted molar refractivity (Wildman–Crippen MR) is 135 cm³/mol. The fourth-order valence-electron chi connectivity index (χ4n) is 5.28. The topological polar surface area (TPSA) is 56.3 Å². The summed E-state index contributed by atoms with van der Waals surface area (Å²) in [5.41, 5.74) is 2.83. The molecule has 1 aromatic heterocycles. The van der Waals surface area contributed by atoms with Crippen LogP contribution in [0, 0.1) is 5.92 Å². The summed E-state index contributed by atoms with van der Waals surface area (Å²) in [6.45, 7) is 6.27. The van der Waals surface area contributed by atoms with Gasteiger partial charge in [-0.15, -0.1) is 0 Å². The fraction of sp³-hybridized carbons (Fsp3) is 0.560. The van der Waals surface area contributed by atoms with Gasteiger partial charge in [-0.1, -0.05) is 44.0 Å². The van der Waals surface area contributed by atoms with Crippen LogP contribution in [0.4, 0.5) is 17.6 Å². The molecule has 32 heavy (non-hydrogen) atoms. The van der Waals surface area contributed by atoms with Crippen LogP contribution in [0.2, 0.25) is 0 Å². The molecule has 0 spiro atoms. The van der Waals surface area contributed by atoms with E-state index in [-0.39, 0.29) is 0 Å². The minimum Gasteiger partial charge on any atom is -0.360 e. The van der Waals surface area contributed by atoms with E-state index in [1.54, 1.807) is 0 Å². The molecule has 2 aromatic rings. The molecule has 3 aliphatic rings. The van der Waals surface area contributed by atoms with Crippen molar-refractivity contribution >= 4 is 34.9 Å². The van der Waals surface area contributed by atoms with E-state index in [4.69, 9.17) is 22.2 Å². The highest BCUT2D eigenvalue weighted by Gasteiger charge is 2.23. The van der Waals surface area contributed by atoms with Crippen molar-refractivity contribution in [2.45, 2.75) is 64.5 Å². The second kappa shape index (κ2) is 9.61. The summed E-state index contributed by atoms with van der Waals surface area (Å²) in [5.74, 6) is 3.27. The quantitative estimate of drug-likeness (QED) is 0.665. The molecule has 1 atom stereocenters. The minimum absolute atomic E-state index is 0.471. The van der Waals surface area contributed by atoms with E-state index in [1.165, 1.54) is 49.7 Å². The molecule has 2 aliphatic heterocycles. The SMILES string of the molecule is CC1CCCN(c2cc(N3CCc4ccccc4C3)nc(NC(=S)NC3CCCC3)n2)C1. The molecule has 1 saturated carbocycles. The molecule has 3 heterocycles. The molecule has 0 bridgehead atoms. The van der Waals surface area contributed by atoms with Crippen LogP contribution in [0.25, 0.3) is 0 Å². The van der Waals surface area contributed by atoms with Crippen LogP contribution in [-0.2, 0) is 13.0 Å². The lowest BCUT2D eigenvalue weighted by molar-refractivity contribution is 0.444. The van der Waals surface area contributed by atoms with Gasteiger partial charge in [-0.2, -0.15) is 9.97 Å². The second-order valence-corrected chi connectivity index (χ2v) is 10.0. The van der Waals surface area contributed by atoms with Gasteiger partial charge in [-0.3, -0.25) is 0 Å².